The Morgan fingerprint density at radius 3 is 2.80 bits per heavy atom. The molecule has 80 valence electrons. The molecule has 1 aliphatic heterocycles. The molecule has 3 N–H and O–H groups in total. The van der Waals surface area contributed by atoms with Gasteiger partial charge in [-0.2, -0.15) is 0 Å². The third kappa shape index (κ3) is 1.55. The van der Waals surface area contributed by atoms with Crippen LogP contribution in [-0.2, 0) is 4.79 Å². The van der Waals surface area contributed by atoms with Crippen LogP contribution >= 0.6 is 0 Å². The number of aliphatic hydroxyl groups excluding tert-OH is 1. The average molecular weight is 212 g/mol. The maximum absolute atomic E-state index is 10.5. The van der Waals surface area contributed by atoms with Crippen molar-refractivity contribution in [2.75, 3.05) is 6.79 Å². The first-order chi connectivity index (χ1) is 7.09. The summed E-state index contributed by atoms with van der Waals surface area (Å²) in [5.41, 5.74) is 0.0456. The van der Waals surface area contributed by atoms with Crippen LogP contribution < -0.4 is 9.47 Å². The number of carboxylic acids is 1. The predicted octanol–water partition coefficient (Wildman–Crippen LogP) is 0.239. The number of fused-ring (bicyclic) bond motifs is 1. The van der Waals surface area contributed by atoms with E-state index in [4.69, 9.17) is 14.6 Å². The molecule has 0 aromatic heterocycles. The van der Waals surface area contributed by atoms with Crippen molar-refractivity contribution < 1.29 is 29.6 Å². The smallest absolute Gasteiger partial charge is 0.337 e. The minimum absolute atomic E-state index is 0.0322. The average Bonchev–Trinajstić information content (AvgIpc) is 2.64. The van der Waals surface area contributed by atoms with Gasteiger partial charge in [0.05, 0.1) is 0 Å². The Kier molecular flexibility index (Phi) is 2.12. The van der Waals surface area contributed by atoms with Gasteiger partial charge >= 0.3 is 5.97 Å². The molecule has 0 bridgehead atoms. The second-order valence-electron chi connectivity index (χ2n) is 3.01. The van der Waals surface area contributed by atoms with Gasteiger partial charge in [-0.25, -0.2) is 4.79 Å². The maximum atomic E-state index is 10.5. The zero-order chi connectivity index (χ0) is 11.0. The van der Waals surface area contributed by atoms with Crippen molar-refractivity contribution in [3.63, 3.8) is 0 Å². The second-order valence-corrected chi connectivity index (χ2v) is 3.01. The van der Waals surface area contributed by atoms with E-state index in [9.17, 15) is 15.0 Å². The molecule has 15 heavy (non-hydrogen) atoms. The van der Waals surface area contributed by atoms with Crippen LogP contribution in [-0.4, -0.2) is 28.1 Å². The van der Waals surface area contributed by atoms with Crippen molar-refractivity contribution in [3.8, 4) is 17.2 Å². The summed E-state index contributed by atoms with van der Waals surface area (Å²) < 4.78 is 9.89. The van der Waals surface area contributed by atoms with Gasteiger partial charge in [-0.1, -0.05) is 0 Å². The standard InChI is InChI=1S/C9H8O6/c10-5-1-4(7(11)9(12)13)2-6-8(5)15-3-14-6/h1-2,7,10-11H,3H2,(H,12,13). The molecule has 6 heteroatoms. The van der Waals surface area contributed by atoms with E-state index in [1.54, 1.807) is 0 Å². The number of carbonyl (C=O) groups is 1. The summed E-state index contributed by atoms with van der Waals surface area (Å²) in [6, 6.07) is 2.45. The van der Waals surface area contributed by atoms with Crippen LogP contribution in [0.5, 0.6) is 17.2 Å². The second kappa shape index (κ2) is 3.32. The summed E-state index contributed by atoms with van der Waals surface area (Å²) in [6.07, 6.45) is -1.69. The van der Waals surface area contributed by atoms with Crippen molar-refractivity contribution in [2.24, 2.45) is 0 Å². The molecule has 1 aromatic rings. The topological polar surface area (TPSA) is 96.2 Å². The third-order valence-electron chi connectivity index (χ3n) is 2.02. The molecule has 1 aliphatic rings. The molecule has 0 fully saturated rings. The lowest BCUT2D eigenvalue weighted by atomic mass is 10.1. The van der Waals surface area contributed by atoms with E-state index in [-0.39, 0.29) is 29.6 Å². The molecule has 0 spiro atoms. The number of aromatic hydroxyl groups is 1. The maximum Gasteiger partial charge on any atom is 0.337 e. The SMILES string of the molecule is O=C(O)C(O)c1cc(O)c2c(c1)OCO2. The number of benzene rings is 1. The van der Waals surface area contributed by atoms with E-state index in [1.165, 1.54) is 6.07 Å². The molecular formula is C9H8O6. The molecule has 0 radical (unpaired) electrons. The van der Waals surface area contributed by atoms with E-state index >= 15 is 0 Å². The van der Waals surface area contributed by atoms with Crippen molar-refractivity contribution in [1.29, 1.82) is 0 Å². The number of hydrogen-bond donors (Lipinski definition) is 3. The summed E-state index contributed by atoms with van der Waals surface area (Å²) in [7, 11) is 0. The van der Waals surface area contributed by atoms with E-state index < -0.39 is 12.1 Å². The number of aliphatic carboxylic acids is 1. The number of rotatable bonds is 2. The predicted molar refractivity (Wildman–Crippen MR) is 46.8 cm³/mol. The summed E-state index contributed by atoms with van der Waals surface area (Å²) >= 11 is 0. The number of carboxylic acid groups (broad SMARTS) is 1. The van der Waals surface area contributed by atoms with Crippen molar-refractivity contribution in [2.45, 2.75) is 6.10 Å². The van der Waals surface area contributed by atoms with Crippen LogP contribution in [0.2, 0.25) is 0 Å². The van der Waals surface area contributed by atoms with Gasteiger partial charge in [0.1, 0.15) is 0 Å². The zero-order valence-electron chi connectivity index (χ0n) is 7.51. The minimum Gasteiger partial charge on any atom is -0.504 e. The fourth-order valence-electron chi connectivity index (χ4n) is 1.31. The molecule has 0 saturated heterocycles. The lowest BCUT2D eigenvalue weighted by Crippen LogP contribution is -2.10. The third-order valence-corrected chi connectivity index (χ3v) is 2.02. The van der Waals surface area contributed by atoms with Gasteiger partial charge in [0.25, 0.3) is 0 Å². The first-order valence-electron chi connectivity index (χ1n) is 4.13. The van der Waals surface area contributed by atoms with Crippen LogP contribution in [0.4, 0.5) is 0 Å². The normalized spacial score (nSPS) is 15.0. The Bertz CT molecular complexity index is 413. The first kappa shape index (κ1) is 9.60. The van der Waals surface area contributed by atoms with Gasteiger partial charge in [0, 0.05) is 0 Å². The van der Waals surface area contributed by atoms with Crippen LogP contribution in [0, 0.1) is 0 Å². The van der Waals surface area contributed by atoms with Gasteiger partial charge in [0.2, 0.25) is 12.5 Å². The van der Waals surface area contributed by atoms with Crippen LogP contribution in [0.3, 0.4) is 0 Å². The molecule has 1 heterocycles. The molecule has 6 nitrogen and oxygen atoms in total. The number of phenols is 1. The highest BCUT2D eigenvalue weighted by molar-refractivity contribution is 5.75. The van der Waals surface area contributed by atoms with Crippen LogP contribution in [0.15, 0.2) is 12.1 Å². The largest absolute Gasteiger partial charge is 0.504 e. The molecule has 2 rings (SSSR count). The fraction of sp³-hybridized carbons (Fsp3) is 0.222. The van der Waals surface area contributed by atoms with Crippen LogP contribution in [0.25, 0.3) is 0 Å². The highest BCUT2D eigenvalue weighted by Crippen LogP contribution is 2.42. The van der Waals surface area contributed by atoms with Crippen LogP contribution in [0.1, 0.15) is 11.7 Å². The van der Waals surface area contributed by atoms with Gasteiger partial charge < -0.3 is 24.8 Å². The highest BCUT2D eigenvalue weighted by Gasteiger charge is 2.24. The zero-order valence-corrected chi connectivity index (χ0v) is 7.51. The lowest BCUT2D eigenvalue weighted by molar-refractivity contribution is -0.146. The van der Waals surface area contributed by atoms with E-state index in [0.717, 1.165) is 6.07 Å². The number of ether oxygens (including phenoxy) is 2. The van der Waals surface area contributed by atoms with Gasteiger partial charge in [-0.3, -0.25) is 0 Å². The quantitative estimate of drug-likeness (QED) is 0.649. The lowest BCUT2D eigenvalue weighted by Gasteiger charge is -2.07. The van der Waals surface area contributed by atoms with Gasteiger partial charge in [-0.05, 0) is 17.7 Å². The summed E-state index contributed by atoms with van der Waals surface area (Å²) in [4.78, 5) is 10.5. The van der Waals surface area contributed by atoms with E-state index in [1.807, 2.05) is 0 Å². The summed E-state index contributed by atoms with van der Waals surface area (Å²) in [5, 5.41) is 27.3. The molecule has 0 aliphatic carbocycles. The summed E-state index contributed by atoms with van der Waals surface area (Å²) in [6.45, 7) is -0.0322. The molecule has 0 saturated carbocycles. The Hall–Kier alpha value is -1.95. The van der Waals surface area contributed by atoms with Crippen molar-refractivity contribution in [1.82, 2.24) is 0 Å². The van der Waals surface area contributed by atoms with E-state index in [2.05, 4.69) is 0 Å². The molecule has 1 unspecified atom stereocenters. The van der Waals surface area contributed by atoms with Crippen molar-refractivity contribution in [3.05, 3.63) is 17.7 Å². The monoisotopic (exact) mass is 212 g/mol. The Balaban J connectivity index is 2.43. The fourth-order valence-corrected chi connectivity index (χ4v) is 1.31. The number of hydrogen-bond acceptors (Lipinski definition) is 5. The molecule has 1 atom stereocenters. The molecule has 1 aromatic carbocycles. The summed E-state index contributed by atoms with van der Waals surface area (Å²) in [5.74, 6) is -1.25. The Labute approximate surface area is 84.3 Å². The highest BCUT2D eigenvalue weighted by atomic mass is 16.7. The first-order valence-corrected chi connectivity index (χ1v) is 4.13. The number of phenolic OH excluding ortho intramolecular Hbond substituents is 1. The molecular weight excluding hydrogens is 204 g/mol. The minimum atomic E-state index is -1.69. The van der Waals surface area contributed by atoms with E-state index in [0.29, 0.717) is 0 Å². The van der Waals surface area contributed by atoms with Gasteiger partial charge in [-0.15, -0.1) is 0 Å². The Morgan fingerprint density at radius 2 is 2.13 bits per heavy atom. The Morgan fingerprint density at radius 1 is 1.40 bits per heavy atom. The molecule has 0 amide bonds. The van der Waals surface area contributed by atoms with Gasteiger partial charge in [0.15, 0.2) is 17.6 Å². The van der Waals surface area contributed by atoms with Crippen molar-refractivity contribution >= 4 is 5.97 Å². The number of aliphatic hydroxyl groups is 1.